The minimum Gasteiger partial charge on any atom is -0.444 e. The van der Waals surface area contributed by atoms with Crippen LogP contribution in [0.25, 0.3) is 0 Å². The number of piperidine rings is 1. The maximum Gasteiger partial charge on any atom is 0.410 e. The van der Waals surface area contributed by atoms with Crippen LogP contribution in [0.5, 0.6) is 0 Å². The van der Waals surface area contributed by atoms with E-state index in [9.17, 15) is 4.79 Å². The van der Waals surface area contributed by atoms with Crippen molar-refractivity contribution in [2.75, 3.05) is 13.1 Å². The Hall–Kier alpha value is -2.82. The van der Waals surface area contributed by atoms with Gasteiger partial charge in [0.1, 0.15) is 5.60 Å². The van der Waals surface area contributed by atoms with Crippen LogP contribution < -0.4 is 0 Å². The summed E-state index contributed by atoms with van der Waals surface area (Å²) in [7, 11) is 0. The zero-order valence-corrected chi connectivity index (χ0v) is 24.4. The Morgan fingerprint density at radius 3 is 2.53 bits per heavy atom. The number of nitrogens with zero attached hydrogens (tertiary/aromatic N) is 3. The van der Waals surface area contributed by atoms with Crippen LogP contribution in [0, 0.1) is 24.7 Å². The minimum atomic E-state index is -0.456. The van der Waals surface area contributed by atoms with Crippen LogP contribution in [0.4, 0.5) is 4.79 Å². The third-order valence-electron chi connectivity index (χ3n) is 8.04. The van der Waals surface area contributed by atoms with Gasteiger partial charge in [-0.25, -0.2) is 9.78 Å². The molecule has 0 spiro atoms. The number of carbonyl (C=O) groups excluding carboxylic acids is 1. The van der Waals surface area contributed by atoms with Crippen LogP contribution in [0.15, 0.2) is 71.3 Å². The number of hydrogen-bond acceptors (Lipinski definition) is 3. The number of imidazole rings is 1. The van der Waals surface area contributed by atoms with E-state index in [0.29, 0.717) is 17.8 Å². The normalized spacial score (nSPS) is 25.6. The molecule has 1 amide bonds. The molecule has 1 aliphatic heterocycles. The monoisotopic (exact) mass is 517 g/mol. The number of amides is 1. The van der Waals surface area contributed by atoms with E-state index in [1.165, 1.54) is 22.3 Å². The number of ether oxygens (including phenoxy) is 1. The van der Waals surface area contributed by atoms with Crippen molar-refractivity contribution in [3.8, 4) is 0 Å². The lowest BCUT2D eigenvalue weighted by Crippen LogP contribution is -2.43. The highest BCUT2D eigenvalue weighted by molar-refractivity contribution is 5.68. The van der Waals surface area contributed by atoms with Gasteiger partial charge in [-0.15, -0.1) is 0 Å². The first-order valence-electron chi connectivity index (χ1n) is 14.6. The smallest absolute Gasteiger partial charge is 0.410 e. The highest BCUT2D eigenvalue weighted by atomic mass is 16.6. The standard InChI is InChI=1S/C33H47N3O2/c1-7-26-11-14-30-28(9-8-18-35-22-25(3)34-23-35)21-24(2)10-13-29(31(30)15-12-26)27-16-19-36(20-17-27)32(37)38-33(4,5)6/h10-12,14-15,21-23,26-27,29H,7-9,13,16-20H2,1-6H3/b24-10-,28-21-. The largest absolute Gasteiger partial charge is 0.444 e. The van der Waals surface area contributed by atoms with Crippen LogP contribution in [-0.4, -0.2) is 39.2 Å². The lowest BCUT2D eigenvalue weighted by molar-refractivity contribution is 0.0167. The number of aromatic nitrogens is 2. The second kappa shape index (κ2) is 12.4. The summed E-state index contributed by atoms with van der Waals surface area (Å²) in [6, 6.07) is 0. The van der Waals surface area contributed by atoms with Gasteiger partial charge in [-0.3, -0.25) is 0 Å². The molecule has 0 N–H and O–H groups in total. The first-order valence-corrected chi connectivity index (χ1v) is 14.6. The minimum absolute atomic E-state index is 0.175. The lowest BCUT2D eigenvalue weighted by atomic mass is 9.74. The van der Waals surface area contributed by atoms with Gasteiger partial charge in [-0.2, -0.15) is 0 Å². The van der Waals surface area contributed by atoms with E-state index in [2.05, 4.69) is 66.1 Å². The summed E-state index contributed by atoms with van der Waals surface area (Å²) < 4.78 is 7.86. The van der Waals surface area contributed by atoms with E-state index in [1.807, 2.05) is 38.9 Å². The Balaban J connectivity index is 1.56. The molecule has 4 rings (SSSR count). The Labute approximate surface area is 230 Å². The van der Waals surface area contributed by atoms with Gasteiger partial charge in [0, 0.05) is 25.8 Å². The molecule has 2 unspecified atom stereocenters. The summed E-state index contributed by atoms with van der Waals surface area (Å²) in [6.07, 6.45) is 24.7. The molecule has 0 bridgehead atoms. The van der Waals surface area contributed by atoms with Gasteiger partial charge in [-0.05, 0) is 108 Å². The highest BCUT2D eigenvalue weighted by Gasteiger charge is 2.33. The molecule has 0 saturated carbocycles. The van der Waals surface area contributed by atoms with E-state index in [4.69, 9.17) is 4.74 Å². The molecule has 0 radical (unpaired) electrons. The van der Waals surface area contributed by atoms with Crippen molar-refractivity contribution in [3.63, 3.8) is 0 Å². The first kappa shape index (κ1) is 28.2. The van der Waals surface area contributed by atoms with E-state index in [0.717, 1.165) is 63.9 Å². The van der Waals surface area contributed by atoms with Gasteiger partial charge < -0.3 is 14.2 Å². The van der Waals surface area contributed by atoms with Crippen molar-refractivity contribution < 1.29 is 9.53 Å². The molecule has 1 aromatic heterocycles. The van der Waals surface area contributed by atoms with E-state index in [-0.39, 0.29) is 6.09 Å². The fourth-order valence-electron chi connectivity index (χ4n) is 5.95. The second-order valence-electron chi connectivity index (χ2n) is 12.3. The molecule has 2 heterocycles. The second-order valence-corrected chi connectivity index (χ2v) is 12.3. The molecular weight excluding hydrogens is 470 g/mol. The maximum absolute atomic E-state index is 12.7. The predicted octanol–water partition coefficient (Wildman–Crippen LogP) is 7.96. The zero-order valence-electron chi connectivity index (χ0n) is 24.4. The molecule has 38 heavy (non-hydrogen) atoms. The van der Waals surface area contributed by atoms with Crippen molar-refractivity contribution in [3.05, 3.63) is 77.0 Å². The SMILES string of the molecule is CCC1C=CC2=C(C=C1)C(C1CCN(C(=O)OC(C)(C)C)CC1)C/C=C(C)\C=C/2CCCn1cnc(C)c1. The summed E-state index contributed by atoms with van der Waals surface area (Å²) in [5, 5.41) is 0. The number of carbonyl (C=O) groups is 1. The molecule has 206 valence electrons. The molecule has 5 nitrogen and oxygen atoms in total. The Kier molecular flexibility index (Phi) is 9.17. The molecular formula is C33H47N3O2. The Morgan fingerprint density at radius 1 is 1.13 bits per heavy atom. The van der Waals surface area contributed by atoms with Gasteiger partial charge in [0.15, 0.2) is 0 Å². The van der Waals surface area contributed by atoms with Gasteiger partial charge >= 0.3 is 6.09 Å². The Bertz CT molecular complexity index is 1130. The highest BCUT2D eigenvalue weighted by Crippen LogP contribution is 2.41. The summed E-state index contributed by atoms with van der Waals surface area (Å²) in [6.45, 7) is 14.9. The van der Waals surface area contributed by atoms with Crippen molar-refractivity contribution >= 4 is 6.09 Å². The topological polar surface area (TPSA) is 47.4 Å². The fourth-order valence-corrected chi connectivity index (χ4v) is 5.95. The van der Waals surface area contributed by atoms with Gasteiger partial charge in [0.05, 0.1) is 12.0 Å². The summed E-state index contributed by atoms with van der Waals surface area (Å²) in [5.41, 5.74) is 6.32. The van der Waals surface area contributed by atoms with Crippen LogP contribution in [-0.2, 0) is 11.3 Å². The molecule has 2 aliphatic carbocycles. The van der Waals surface area contributed by atoms with E-state index < -0.39 is 5.60 Å². The third-order valence-corrected chi connectivity index (χ3v) is 8.04. The number of aryl methyl sites for hydroxylation is 2. The quantitative estimate of drug-likeness (QED) is 0.384. The van der Waals surface area contributed by atoms with E-state index >= 15 is 0 Å². The van der Waals surface area contributed by atoms with Crippen LogP contribution in [0.2, 0.25) is 0 Å². The van der Waals surface area contributed by atoms with E-state index in [1.54, 1.807) is 0 Å². The third kappa shape index (κ3) is 7.39. The van der Waals surface area contributed by atoms with Gasteiger partial charge in [-0.1, -0.05) is 49.0 Å². The molecule has 1 fully saturated rings. The zero-order chi connectivity index (χ0) is 27.3. The fraction of sp³-hybridized carbons (Fsp3) is 0.576. The van der Waals surface area contributed by atoms with Gasteiger partial charge in [0.2, 0.25) is 0 Å². The van der Waals surface area contributed by atoms with Crippen molar-refractivity contribution in [1.82, 2.24) is 14.5 Å². The summed E-state index contributed by atoms with van der Waals surface area (Å²) in [5.74, 6) is 1.48. The average Bonchev–Trinajstić information content (AvgIpc) is 3.16. The van der Waals surface area contributed by atoms with Gasteiger partial charge in [0.25, 0.3) is 0 Å². The number of allylic oxidation sites excluding steroid dienone is 10. The van der Waals surface area contributed by atoms with Crippen molar-refractivity contribution in [1.29, 1.82) is 0 Å². The molecule has 5 heteroatoms. The van der Waals surface area contributed by atoms with Crippen LogP contribution >= 0.6 is 0 Å². The first-order chi connectivity index (χ1) is 18.1. The molecule has 3 aliphatic rings. The van der Waals surface area contributed by atoms with Crippen molar-refractivity contribution in [2.45, 2.75) is 92.2 Å². The molecule has 1 saturated heterocycles. The average molecular weight is 518 g/mol. The maximum atomic E-state index is 12.7. The van der Waals surface area contributed by atoms with Crippen LogP contribution in [0.1, 0.15) is 78.8 Å². The van der Waals surface area contributed by atoms with Crippen LogP contribution in [0.3, 0.4) is 0 Å². The molecule has 2 atom stereocenters. The summed E-state index contributed by atoms with van der Waals surface area (Å²) in [4.78, 5) is 19.0. The number of hydrogen-bond donors (Lipinski definition) is 0. The predicted molar refractivity (Wildman–Crippen MR) is 156 cm³/mol. The molecule has 1 aromatic rings. The summed E-state index contributed by atoms with van der Waals surface area (Å²) >= 11 is 0. The Morgan fingerprint density at radius 2 is 1.87 bits per heavy atom. The number of rotatable bonds is 6. The number of likely N-dealkylation sites (tertiary alicyclic amines) is 1. The molecule has 0 aromatic carbocycles. The van der Waals surface area contributed by atoms with Crippen molar-refractivity contribution in [2.24, 2.45) is 17.8 Å². The lowest BCUT2D eigenvalue weighted by Gasteiger charge is -2.38.